The van der Waals surface area contributed by atoms with E-state index in [1.54, 1.807) is 20.0 Å². The van der Waals surface area contributed by atoms with Gasteiger partial charge in [0.15, 0.2) is 9.84 Å². The second-order valence-corrected chi connectivity index (χ2v) is 10.9. The number of benzene rings is 1. The maximum atomic E-state index is 13.0. The number of carbonyl (C=O) groups excluding carboxylic acids is 1. The van der Waals surface area contributed by atoms with E-state index in [1.165, 1.54) is 0 Å². The Bertz CT molecular complexity index is 996. The van der Waals surface area contributed by atoms with Crippen molar-refractivity contribution in [1.82, 2.24) is 10.3 Å². The number of pyridine rings is 1. The van der Waals surface area contributed by atoms with Crippen molar-refractivity contribution in [2.75, 3.05) is 5.75 Å². The Morgan fingerprint density at radius 1 is 1.10 bits per heavy atom. The SMILES string of the molecule is CC(C)C[C@H](NC(=O)C(Cc1cccc2cccnc12)CS(=O)(=O)C(C)C)C(=O)O. The number of hydrogen-bond donors (Lipinski definition) is 2. The van der Waals surface area contributed by atoms with E-state index in [0.29, 0.717) is 5.52 Å². The van der Waals surface area contributed by atoms with Crippen molar-refractivity contribution in [2.24, 2.45) is 11.8 Å². The van der Waals surface area contributed by atoms with Crippen LogP contribution in [0.25, 0.3) is 10.9 Å². The standard InChI is InChI=1S/C22H30N2O5S/c1-14(2)11-19(22(26)27)24-21(25)18(13-30(28,29)15(3)4)12-17-8-5-7-16-9-6-10-23-20(16)17/h5-10,14-15,18-19H,11-13H2,1-4H3,(H,24,25)(H,26,27)/t18?,19-/m0/s1. The van der Waals surface area contributed by atoms with Crippen molar-refractivity contribution in [1.29, 1.82) is 0 Å². The number of aromatic nitrogens is 1. The molecule has 0 saturated carbocycles. The average Bonchev–Trinajstić information content (AvgIpc) is 2.66. The van der Waals surface area contributed by atoms with Gasteiger partial charge in [-0.05, 0) is 44.2 Å². The summed E-state index contributed by atoms with van der Waals surface area (Å²) in [6, 6.07) is 8.20. The van der Waals surface area contributed by atoms with E-state index in [2.05, 4.69) is 10.3 Å². The second-order valence-electron chi connectivity index (χ2n) is 8.30. The third kappa shape index (κ3) is 6.26. The molecule has 0 spiro atoms. The smallest absolute Gasteiger partial charge is 0.326 e. The molecule has 0 aliphatic carbocycles. The van der Waals surface area contributed by atoms with Crippen LogP contribution in [0.3, 0.4) is 0 Å². The predicted molar refractivity (Wildman–Crippen MR) is 117 cm³/mol. The molecule has 0 aliphatic rings. The highest BCUT2D eigenvalue weighted by atomic mass is 32.2. The van der Waals surface area contributed by atoms with Gasteiger partial charge in [0, 0.05) is 11.6 Å². The van der Waals surface area contributed by atoms with Crippen molar-refractivity contribution < 1.29 is 23.1 Å². The minimum Gasteiger partial charge on any atom is -0.480 e. The van der Waals surface area contributed by atoms with Gasteiger partial charge >= 0.3 is 5.97 Å². The third-order valence-corrected chi connectivity index (χ3v) is 7.33. The van der Waals surface area contributed by atoms with Crippen LogP contribution in [-0.4, -0.2) is 47.4 Å². The summed E-state index contributed by atoms with van der Waals surface area (Å²) in [6.07, 6.45) is 2.07. The van der Waals surface area contributed by atoms with Crippen LogP contribution in [0.4, 0.5) is 0 Å². The summed E-state index contributed by atoms with van der Waals surface area (Å²) in [7, 11) is -3.52. The molecule has 0 fully saturated rings. The number of rotatable bonds is 10. The molecule has 8 heteroatoms. The van der Waals surface area contributed by atoms with Crippen LogP contribution in [0.15, 0.2) is 36.5 Å². The second kappa shape index (κ2) is 10.0. The van der Waals surface area contributed by atoms with Gasteiger partial charge in [-0.3, -0.25) is 9.78 Å². The first-order valence-corrected chi connectivity index (χ1v) is 11.8. The summed E-state index contributed by atoms with van der Waals surface area (Å²) in [6.45, 7) is 6.88. The zero-order valence-electron chi connectivity index (χ0n) is 17.8. The fourth-order valence-electron chi connectivity index (χ4n) is 3.28. The van der Waals surface area contributed by atoms with Gasteiger partial charge in [-0.1, -0.05) is 38.1 Å². The molecular formula is C22H30N2O5S. The number of nitrogens with one attached hydrogen (secondary N) is 1. The Hall–Kier alpha value is -2.48. The molecule has 1 aromatic carbocycles. The van der Waals surface area contributed by atoms with Gasteiger partial charge in [0.2, 0.25) is 5.91 Å². The summed E-state index contributed by atoms with van der Waals surface area (Å²) < 4.78 is 25.2. The van der Waals surface area contributed by atoms with Crippen molar-refractivity contribution in [3.63, 3.8) is 0 Å². The first-order chi connectivity index (χ1) is 14.0. The van der Waals surface area contributed by atoms with Crippen LogP contribution in [0.2, 0.25) is 0 Å². The Balaban J connectivity index is 2.36. The number of carboxylic acid groups (broad SMARTS) is 1. The highest BCUT2D eigenvalue weighted by Gasteiger charge is 2.31. The number of amides is 1. The lowest BCUT2D eigenvalue weighted by atomic mass is 9.96. The molecule has 164 valence electrons. The van der Waals surface area contributed by atoms with Crippen LogP contribution in [-0.2, 0) is 25.8 Å². The number of carbonyl (C=O) groups is 2. The van der Waals surface area contributed by atoms with Gasteiger partial charge in [-0.2, -0.15) is 0 Å². The van der Waals surface area contributed by atoms with E-state index in [1.807, 2.05) is 44.2 Å². The first-order valence-electron chi connectivity index (χ1n) is 10.1. The number of nitrogens with zero attached hydrogens (tertiary/aromatic N) is 1. The molecule has 1 heterocycles. The lowest BCUT2D eigenvalue weighted by molar-refractivity contribution is -0.142. The molecule has 2 aromatic rings. The predicted octanol–water partition coefficient (Wildman–Crippen LogP) is 2.83. The summed E-state index contributed by atoms with van der Waals surface area (Å²) >= 11 is 0. The topological polar surface area (TPSA) is 113 Å². The molecule has 30 heavy (non-hydrogen) atoms. The van der Waals surface area contributed by atoms with Crippen LogP contribution in [0.5, 0.6) is 0 Å². The largest absolute Gasteiger partial charge is 0.480 e. The summed E-state index contributed by atoms with van der Waals surface area (Å²) in [5.74, 6) is -2.91. The molecule has 0 saturated heterocycles. The minimum absolute atomic E-state index is 0.0616. The monoisotopic (exact) mass is 434 g/mol. The van der Waals surface area contributed by atoms with Gasteiger partial charge in [-0.15, -0.1) is 0 Å². The number of carboxylic acids is 1. The molecule has 0 radical (unpaired) electrons. The number of fused-ring (bicyclic) bond motifs is 1. The van der Waals surface area contributed by atoms with E-state index in [0.717, 1.165) is 10.9 Å². The van der Waals surface area contributed by atoms with Crippen LogP contribution < -0.4 is 5.32 Å². The fourth-order valence-corrected chi connectivity index (χ4v) is 4.50. The molecule has 1 aromatic heterocycles. The number of sulfone groups is 1. The number of para-hydroxylation sites is 1. The van der Waals surface area contributed by atoms with E-state index < -0.39 is 38.9 Å². The lowest BCUT2D eigenvalue weighted by Crippen LogP contribution is -2.46. The van der Waals surface area contributed by atoms with Gasteiger partial charge in [-0.25, -0.2) is 13.2 Å². The first kappa shape index (κ1) is 23.8. The molecule has 1 unspecified atom stereocenters. The molecular weight excluding hydrogens is 404 g/mol. The molecule has 2 N–H and O–H groups in total. The maximum Gasteiger partial charge on any atom is 0.326 e. The average molecular weight is 435 g/mol. The summed E-state index contributed by atoms with van der Waals surface area (Å²) in [4.78, 5) is 29.0. The normalized spacial score (nSPS) is 14.1. The van der Waals surface area contributed by atoms with E-state index in [-0.39, 0.29) is 24.5 Å². The van der Waals surface area contributed by atoms with Crippen LogP contribution in [0.1, 0.15) is 39.7 Å². The maximum absolute atomic E-state index is 13.0. The Labute approximate surface area is 177 Å². The third-order valence-electron chi connectivity index (χ3n) is 5.03. The van der Waals surface area contributed by atoms with E-state index in [9.17, 15) is 23.1 Å². The quantitative estimate of drug-likeness (QED) is 0.594. The number of hydrogen-bond acceptors (Lipinski definition) is 5. The van der Waals surface area contributed by atoms with Gasteiger partial charge in [0.25, 0.3) is 0 Å². The van der Waals surface area contributed by atoms with Crippen molar-refractivity contribution >= 4 is 32.6 Å². The fraction of sp³-hybridized carbons (Fsp3) is 0.500. The minimum atomic E-state index is -3.52. The summed E-state index contributed by atoms with van der Waals surface area (Å²) in [5.41, 5.74) is 1.46. The number of aliphatic carboxylic acids is 1. The Morgan fingerprint density at radius 2 is 1.77 bits per heavy atom. The highest BCUT2D eigenvalue weighted by molar-refractivity contribution is 7.92. The van der Waals surface area contributed by atoms with Crippen molar-refractivity contribution in [3.8, 4) is 0 Å². The van der Waals surface area contributed by atoms with Crippen LogP contribution in [0, 0.1) is 11.8 Å². The summed E-state index contributed by atoms with van der Waals surface area (Å²) in [5, 5.41) is 12.3. The molecule has 0 aliphatic heterocycles. The highest BCUT2D eigenvalue weighted by Crippen LogP contribution is 2.21. The lowest BCUT2D eigenvalue weighted by Gasteiger charge is -2.22. The molecule has 2 atom stereocenters. The van der Waals surface area contributed by atoms with Crippen molar-refractivity contribution in [3.05, 3.63) is 42.1 Å². The van der Waals surface area contributed by atoms with Gasteiger partial charge in [0.1, 0.15) is 6.04 Å². The Morgan fingerprint density at radius 3 is 2.37 bits per heavy atom. The zero-order valence-corrected chi connectivity index (χ0v) is 18.6. The van der Waals surface area contributed by atoms with Crippen molar-refractivity contribution in [2.45, 2.75) is 51.8 Å². The Kier molecular flexibility index (Phi) is 7.95. The van der Waals surface area contributed by atoms with Gasteiger partial charge < -0.3 is 10.4 Å². The molecule has 2 rings (SSSR count). The van der Waals surface area contributed by atoms with E-state index >= 15 is 0 Å². The van der Waals surface area contributed by atoms with Gasteiger partial charge in [0.05, 0.1) is 22.4 Å². The molecule has 1 amide bonds. The van der Waals surface area contributed by atoms with E-state index in [4.69, 9.17) is 0 Å². The molecule has 7 nitrogen and oxygen atoms in total. The molecule has 0 bridgehead atoms. The van der Waals surface area contributed by atoms with Crippen LogP contribution >= 0.6 is 0 Å². The zero-order chi connectivity index (χ0) is 22.5.